The molecule has 0 unspecified atom stereocenters. The monoisotopic (exact) mass is 1200 g/mol. The van der Waals surface area contributed by atoms with Crippen LogP contribution in [0.15, 0.2) is 304 Å². The maximum Gasteiger partial charge on any atom is 0.213 e. The lowest BCUT2D eigenvalue weighted by Crippen LogP contribution is -2.14. The van der Waals surface area contributed by atoms with Gasteiger partial charge in [0.15, 0.2) is 0 Å². The van der Waals surface area contributed by atoms with E-state index in [4.69, 9.17) is 13.3 Å². The summed E-state index contributed by atoms with van der Waals surface area (Å²) in [6.07, 6.45) is 0. The van der Waals surface area contributed by atoms with Gasteiger partial charge in [-0.1, -0.05) is 218 Å². The van der Waals surface area contributed by atoms with Crippen LogP contribution >= 0.6 is 0 Å². The van der Waals surface area contributed by atoms with Crippen molar-refractivity contribution in [1.29, 1.82) is 5.26 Å². The van der Waals surface area contributed by atoms with Gasteiger partial charge in [-0.05, 0) is 72.8 Å². The van der Waals surface area contributed by atoms with Gasteiger partial charge in [0, 0.05) is 87.5 Å². The minimum absolute atomic E-state index is 0.385. The summed E-state index contributed by atoms with van der Waals surface area (Å²) in [4.78, 5) is 0. The Hall–Kier alpha value is -13.0. The molecule has 0 atom stereocenters. The lowest BCUT2D eigenvalue weighted by atomic mass is 9.87. The number of para-hydroxylation sites is 12. The number of benzene rings is 13. The van der Waals surface area contributed by atoms with Gasteiger partial charge in [-0.3, -0.25) is 13.7 Å². The Morgan fingerprint density at radius 3 is 0.894 bits per heavy atom. The second kappa shape index (κ2) is 19.0. The number of nitrogens with zero attached hydrogens (tertiary/aromatic N) is 6. The molecule has 8 aromatic heterocycles. The first-order chi connectivity index (χ1) is 46.7. The highest BCUT2D eigenvalue weighted by Gasteiger charge is 2.38. The summed E-state index contributed by atoms with van der Waals surface area (Å²) in [5.41, 5.74) is 18.3. The molecule has 0 fully saturated rings. The number of aromatic nitrogens is 5. The number of hydrogen-bond donors (Lipinski definition) is 0. The third-order valence-corrected chi connectivity index (χ3v) is 19.7. The third-order valence-electron chi connectivity index (χ3n) is 19.7. The molecule has 21 rings (SSSR count). The normalized spacial score (nSPS) is 12.2. The molecule has 0 aliphatic heterocycles. The Balaban J connectivity index is 1.13. The molecule has 0 bridgehead atoms. The van der Waals surface area contributed by atoms with Crippen molar-refractivity contribution in [3.05, 3.63) is 297 Å². The molecule has 0 N–H and O–H groups in total. The van der Waals surface area contributed by atoms with E-state index in [0.717, 1.165) is 165 Å². The molecular formula is C85H48N6O3. The summed E-state index contributed by atoms with van der Waals surface area (Å²) in [5, 5.41) is 26.5. The molecule has 0 radical (unpaired) electrons. The molecule has 436 valence electrons. The summed E-state index contributed by atoms with van der Waals surface area (Å²) in [6, 6.07) is 106. The summed E-state index contributed by atoms with van der Waals surface area (Å²) in [7, 11) is 0. The Labute approximate surface area is 534 Å². The van der Waals surface area contributed by atoms with Crippen molar-refractivity contribution >= 4 is 143 Å². The number of furan rings is 3. The zero-order valence-corrected chi connectivity index (χ0v) is 50.1. The van der Waals surface area contributed by atoms with E-state index in [1.165, 1.54) is 0 Å². The topological polar surface area (TPSA) is 87.9 Å². The van der Waals surface area contributed by atoms with Crippen LogP contribution in [-0.2, 0) is 0 Å². The summed E-state index contributed by atoms with van der Waals surface area (Å²) >= 11 is 0. The van der Waals surface area contributed by atoms with Crippen molar-refractivity contribution in [2.24, 2.45) is 0 Å². The van der Waals surface area contributed by atoms with Gasteiger partial charge in [0.05, 0.1) is 71.8 Å². The van der Waals surface area contributed by atoms with Gasteiger partial charge in [-0.2, -0.15) is 5.26 Å². The van der Waals surface area contributed by atoms with Crippen molar-refractivity contribution < 1.29 is 13.3 Å². The molecule has 94 heavy (non-hydrogen) atoms. The van der Waals surface area contributed by atoms with Gasteiger partial charge >= 0.3 is 0 Å². The highest BCUT2D eigenvalue weighted by molar-refractivity contribution is 6.27. The molecule has 0 aliphatic carbocycles. The van der Waals surface area contributed by atoms with Gasteiger partial charge < -0.3 is 22.4 Å². The molecule has 9 heteroatoms. The Morgan fingerprint density at radius 1 is 0.245 bits per heavy atom. The standard InChI is InChI=1S/C85H48N6O3/c86-49-64-80(89-67-43-17-9-31-56(67)73-59-34-12-20-46-70(59)92-83(73)89)76(62-39-23-37-54-52-29-7-15-41-65(52)87(78(54)62)50-25-3-1-4-26-50)82(91-69-45-19-11-33-58(69)75-61-36-14-22-48-72(61)94-85(75)91)77(81(64)90-68-44-18-10-32-57(68)74-60-35-13-21-47-71(60)93-84(74)90)63-40-24-38-55-53-30-8-16-42-66(53)88(79(55)63)51-27-5-2-6-28-51/h1-48H. The van der Waals surface area contributed by atoms with E-state index in [0.29, 0.717) is 34.1 Å². The van der Waals surface area contributed by atoms with Gasteiger partial charge in [0.2, 0.25) is 17.1 Å². The second-order valence-electron chi connectivity index (χ2n) is 24.5. The van der Waals surface area contributed by atoms with E-state index in [9.17, 15) is 5.26 Å². The maximum atomic E-state index is 13.5. The van der Waals surface area contributed by atoms with Crippen LogP contribution in [0.3, 0.4) is 0 Å². The van der Waals surface area contributed by atoms with E-state index in [1.54, 1.807) is 0 Å². The Morgan fingerprint density at radius 2 is 0.532 bits per heavy atom. The fourth-order valence-corrected chi connectivity index (χ4v) is 16.1. The van der Waals surface area contributed by atoms with Crippen LogP contribution in [0.4, 0.5) is 0 Å². The number of rotatable bonds is 7. The summed E-state index contributed by atoms with van der Waals surface area (Å²) in [6.45, 7) is 0. The van der Waals surface area contributed by atoms with Crippen LogP contribution in [0.1, 0.15) is 5.56 Å². The predicted molar refractivity (Wildman–Crippen MR) is 383 cm³/mol. The van der Waals surface area contributed by atoms with Gasteiger partial charge in [-0.15, -0.1) is 0 Å². The van der Waals surface area contributed by atoms with Gasteiger partial charge in [0.1, 0.15) is 28.4 Å². The first-order valence-corrected chi connectivity index (χ1v) is 31.7. The molecule has 0 saturated heterocycles. The Kier molecular flexibility index (Phi) is 10.3. The highest BCUT2D eigenvalue weighted by Crippen LogP contribution is 2.57. The van der Waals surface area contributed by atoms with E-state index in [-0.39, 0.29) is 0 Å². The van der Waals surface area contributed by atoms with Crippen LogP contribution < -0.4 is 0 Å². The smallest absolute Gasteiger partial charge is 0.213 e. The first kappa shape index (κ1) is 50.8. The maximum absolute atomic E-state index is 13.5. The van der Waals surface area contributed by atoms with Crippen LogP contribution in [0.25, 0.3) is 193 Å². The number of fused-ring (bicyclic) bond motifs is 21. The van der Waals surface area contributed by atoms with E-state index >= 15 is 0 Å². The van der Waals surface area contributed by atoms with Crippen LogP contribution in [-0.4, -0.2) is 22.8 Å². The van der Waals surface area contributed by atoms with Gasteiger partial charge in [0.25, 0.3) is 0 Å². The molecular weight excluding hydrogens is 1150 g/mol. The van der Waals surface area contributed by atoms with Crippen molar-refractivity contribution in [1.82, 2.24) is 22.8 Å². The second-order valence-corrected chi connectivity index (χ2v) is 24.5. The SMILES string of the molecule is N#Cc1c(-n2c3ccccc3c3c4ccccc4oc32)c(-c2cccc3c4ccccc4n(-c4ccccc4)c23)c(-n2c3ccccc3c3c4ccccc4oc32)c(-c2cccc3c4ccccc4n(-c4ccccc4)c23)c1-n1c2ccccc2c2c3ccccc3oc21. The zero-order chi connectivity index (χ0) is 61.4. The minimum Gasteiger partial charge on any atom is -0.439 e. The third kappa shape index (κ3) is 6.64. The number of hydrogen-bond acceptors (Lipinski definition) is 4. The average molecular weight is 1200 g/mol. The van der Waals surface area contributed by atoms with Crippen molar-refractivity contribution in [2.75, 3.05) is 0 Å². The lowest BCUT2D eigenvalue weighted by Gasteiger charge is -2.28. The molecule has 8 heterocycles. The van der Waals surface area contributed by atoms with Crippen LogP contribution in [0.5, 0.6) is 0 Å². The molecule has 21 aromatic rings. The van der Waals surface area contributed by atoms with Crippen LogP contribution in [0.2, 0.25) is 0 Å². The van der Waals surface area contributed by atoms with Crippen molar-refractivity contribution in [3.63, 3.8) is 0 Å². The number of nitriles is 1. The molecule has 0 aliphatic rings. The quantitative estimate of drug-likeness (QED) is 0.159. The predicted octanol–water partition coefficient (Wildman–Crippen LogP) is 22.6. The first-order valence-electron chi connectivity index (χ1n) is 31.7. The van der Waals surface area contributed by atoms with Gasteiger partial charge in [-0.25, -0.2) is 0 Å². The Bertz CT molecular complexity index is 6540. The van der Waals surface area contributed by atoms with Crippen molar-refractivity contribution in [2.45, 2.75) is 0 Å². The molecule has 0 spiro atoms. The molecule has 9 nitrogen and oxygen atoms in total. The molecule has 0 saturated carbocycles. The zero-order valence-electron chi connectivity index (χ0n) is 50.1. The average Bonchev–Trinajstić information content (AvgIpc) is 1.53. The fourth-order valence-electron chi connectivity index (χ4n) is 16.1. The van der Waals surface area contributed by atoms with E-state index < -0.39 is 0 Å². The van der Waals surface area contributed by atoms with E-state index in [1.807, 2.05) is 30.3 Å². The lowest BCUT2D eigenvalue weighted by molar-refractivity contribution is 0.643. The molecule has 0 amide bonds. The summed E-state index contributed by atoms with van der Waals surface area (Å²) < 4.78 is 34.2. The molecule has 13 aromatic carbocycles. The van der Waals surface area contributed by atoms with Crippen LogP contribution in [0, 0.1) is 11.3 Å². The largest absolute Gasteiger partial charge is 0.439 e. The fraction of sp³-hybridized carbons (Fsp3) is 0. The minimum atomic E-state index is 0.385. The van der Waals surface area contributed by atoms with E-state index in [2.05, 4.69) is 290 Å². The highest BCUT2D eigenvalue weighted by atomic mass is 16.4. The summed E-state index contributed by atoms with van der Waals surface area (Å²) in [5.74, 6) is 0. The van der Waals surface area contributed by atoms with Crippen molar-refractivity contribution in [3.8, 4) is 56.8 Å².